The molecule has 0 saturated carbocycles. The third-order valence-corrected chi connectivity index (χ3v) is 6.91. The van der Waals surface area contributed by atoms with Gasteiger partial charge in [0.1, 0.15) is 17.5 Å². The smallest absolute Gasteiger partial charge is 0.338 e. The Hall–Kier alpha value is -3.17. The van der Waals surface area contributed by atoms with E-state index in [2.05, 4.69) is 20.9 Å². The Morgan fingerprint density at radius 3 is 2.62 bits per heavy atom. The van der Waals surface area contributed by atoms with Gasteiger partial charge in [-0.15, -0.1) is 0 Å². The van der Waals surface area contributed by atoms with Crippen molar-refractivity contribution in [2.75, 3.05) is 20.8 Å². The summed E-state index contributed by atoms with van der Waals surface area (Å²) in [7, 11) is 3.14. The van der Waals surface area contributed by atoms with Gasteiger partial charge in [0, 0.05) is 15.6 Å². The van der Waals surface area contributed by atoms with E-state index in [1.165, 1.54) is 15.9 Å². The van der Waals surface area contributed by atoms with Crippen molar-refractivity contribution in [3.05, 3.63) is 89.0 Å². The number of aromatic nitrogens is 1. The molecule has 0 bridgehead atoms. The number of carbonyl (C=O) groups excluding carboxylic acids is 1. The van der Waals surface area contributed by atoms with E-state index < -0.39 is 12.0 Å². The van der Waals surface area contributed by atoms with Gasteiger partial charge in [0.2, 0.25) is 0 Å². The molecule has 0 saturated heterocycles. The highest BCUT2D eigenvalue weighted by Crippen LogP contribution is 2.35. The molecule has 0 aliphatic carbocycles. The number of methoxy groups -OCH3 is 2. The van der Waals surface area contributed by atoms with Gasteiger partial charge in [-0.05, 0) is 44.2 Å². The monoisotopic (exact) mass is 542 g/mol. The maximum absolute atomic E-state index is 13.7. The van der Waals surface area contributed by atoms with Crippen LogP contribution in [0.15, 0.2) is 68.0 Å². The van der Waals surface area contributed by atoms with E-state index in [-0.39, 0.29) is 12.2 Å². The van der Waals surface area contributed by atoms with E-state index in [0.717, 1.165) is 10.0 Å². The second kappa shape index (κ2) is 9.99. The molecule has 1 aromatic heterocycles. The van der Waals surface area contributed by atoms with Crippen LogP contribution in [0, 0.1) is 0 Å². The number of esters is 1. The minimum atomic E-state index is -0.738. The van der Waals surface area contributed by atoms with Gasteiger partial charge in [0.05, 0.1) is 36.6 Å². The summed E-state index contributed by atoms with van der Waals surface area (Å²) in [5, 5.41) is 0. The number of thiazole rings is 1. The fraction of sp³-hybridized carbons (Fsp3) is 0.240. The van der Waals surface area contributed by atoms with Crippen LogP contribution in [-0.2, 0) is 9.53 Å². The van der Waals surface area contributed by atoms with Crippen LogP contribution in [0.1, 0.15) is 31.0 Å². The lowest BCUT2D eigenvalue weighted by Gasteiger charge is -2.25. The summed E-state index contributed by atoms with van der Waals surface area (Å²) in [4.78, 5) is 31.8. The molecular formula is C25H23BrN2O5S. The maximum Gasteiger partial charge on any atom is 0.338 e. The summed E-state index contributed by atoms with van der Waals surface area (Å²) in [6.07, 6.45) is 1.77. The molecule has 1 atom stereocenters. The summed E-state index contributed by atoms with van der Waals surface area (Å²) in [5.41, 5.74) is 1.97. The Balaban J connectivity index is 2.01. The van der Waals surface area contributed by atoms with Crippen LogP contribution in [0.5, 0.6) is 11.5 Å². The Kier molecular flexibility index (Phi) is 7.04. The molecule has 4 rings (SSSR count). The maximum atomic E-state index is 13.7. The molecule has 7 nitrogen and oxygen atoms in total. The first kappa shape index (κ1) is 24.0. The van der Waals surface area contributed by atoms with Crippen molar-refractivity contribution in [2.45, 2.75) is 19.9 Å². The number of nitrogens with zero attached hydrogens (tertiary/aromatic N) is 2. The van der Waals surface area contributed by atoms with Crippen molar-refractivity contribution >= 4 is 39.3 Å². The van der Waals surface area contributed by atoms with Gasteiger partial charge < -0.3 is 14.2 Å². The molecule has 0 N–H and O–H groups in total. The van der Waals surface area contributed by atoms with E-state index in [4.69, 9.17) is 14.2 Å². The van der Waals surface area contributed by atoms with Crippen molar-refractivity contribution < 1.29 is 19.0 Å². The number of allylic oxidation sites excluding steroid dienone is 1. The lowest BCUT2D eigenvalue weighted by atomic mass is 9.95. The van der Waals surface area contributed by atoms with E-state index in [1.54, 1.807) is 40.2 Å². The molecular weight excluding hydrogens is 520 g/mol. The summed E-state index contributed by atoms with van der Waals surface area (Å²) < 4.78 is 19.2. The number of para-hydroxylation sites is 1. The van der Waals surface area contributed by atoms with E-state index in [9.17, 15) is 9.59 Å². The Morgan fingerprint density at radius 1 is 1.18 bits per heavy atom. The van der Waals surface area contributed by atoms with Crippen LogP contribution in [-0.4, -0.2) is 31.4 Å². The van der Waals surface area contributed by atoms with Crippen LogP contribution in [0.4, 0.5) is 0 Å². The largest absolute Gasteiger partial charge is 0.496 e. The Bertz CT molecular complexity index is 1470. The second-order valence-corrected chi connectivity index (χ2v) is 9.36. The quantitative estimate of drug-likeness (QED) is 0.445. The summed E-state index contributed by atoms with van der Waals surface area (Å²) in [6.45, 7) is 3.71. The fourth-order valence-corrected chi connectivity index (χ4v) is 5.35. The molecule has 2 aromatic carbocycles. The predicted molar refractivity (Wildman–Crippen MR) is 134 cm³/mol. The van der Waals surface area contributed by atoms with E-state index in [0.29, 0.717) is 37.7 Å². The third kappa shape index (κ3) is 4.33. The molecule has 0 radical (unpaired) electrons. The van der Waals surface area contributed by atoms with Crippen LogP contribution in [0.3, 0.4) is 0 Å². The summed E-state index contributed by atoms with van der Waals surface area (Å²) in [5.74, 6) is 0.688. The molecule has 1 aliphatic rings. The number of halogens is 1. The minimum absolute atomic E-state index is 0.210. The minimum Gasteiger partial charge on any atom is -0.496 e. The van der Waals surface area contributed by atoms with Crippen molar-refractivity contribution in [1.82, 2.24) is 4.57 Å². The Morgan fingerprint density at radius 2 is 1.91 bits per heavy atom. The first-order chi connectivity index (χ1) is 16.4. The lowest BCUT2D eigenvalue weighted by molar-refractivity contribution is -0.139. The van der Waals surface area contributed by atoms with Crippen LogP contribution in [0.25, 0.3) is 6.08 Å². The lowest BCUT2D eigenvalue weighted by Crippen LogP contribution is -2.40. The average Bonchev–Trinajstić information content (AvgIpc) is 3.12. The van der Waals surface area contributed by atoms with Gasteiger partial charge in [0.25, 0.3) is 5.56 Å². The van der Waals surface area contributed by atoms with Gasteiger partial charge >= 0.3 is 5.97 Å². The highest BCUT2D eigenvalue weighted by atomic mass is 79.9. The van der Waals surface area contributed by atoms with Crippen molar-refractivity contribution in [1.29, 1.82) is 0 Å². The van der Waals surface area contributed by atoms with Gasteiger partial charge in [-0.25, -0.2) is 9.79 Å². The van der Waals surface area contributed by atoms with Gasteiger partial charge in [-0.2, -0.15) is 0 Å². The van der Waals surface area contributed by atoms with Crippen LogP contribution in [0.2, 0.25) is 0 Å². The highest BCUT2D eigenvalue weighted by Gasteiger charge is 2.34. The molecule has 34 heavy (non-hydrogen) atoms. The zero-order valence-electron chi connectivity index (χ0n) is 19.1. The van der Waals surface area contributed by atoms with E-state index >= 15 is 0 Å². The number of carbonyl (C=O) groups is 1. The second-order valence-electron chi connectivity index (χ2n) is 7.43. The SMILES string of the molecule is CCOC(=O)C1=C(C)N=c2s/c(=C/c3cc(Br)ccc3OC)c(=O)n2[C@H]1c1ccccc1OC. The van der Waals surface area contributed by atoms with Gasteiger partial charge in [-0.1, -0.05) is 45.5 Å². The number of fused-ring (bicyclic) bond motifs is 1. The first-order valence-electron chi connectivity index (χ1n) is 10.6. The van der Waals surface area contributed by atoms with Gasteiger partial charge in [0.15, 0.2) is 4.80 Å². The average molecular weight is 543 g/mol. The summed E-state index contributed by atoms with van der Waals surface area (Å²) >= 11 is 4.73. The molecule has 0 spiro atoms. The number of hydrogen-bond acceptors (Lipinski definition) is 7. The van der Waals surface area contributed by atoms with E-state index in [1.807, 2.05) is 36.4 Å². The first-order valence-corrected chi connectivity index (χ1v) is 12.2. The standard InChI is InChI=1S/C25H23BrN2O5S/c1-5-33-24(30)21-14(2)27-25-28(22(21)17-8-6-7-9-19(17)32-4)23(29)20(34-25)13-15-12-16(26)10-11-18(15)31-3/h6-13,22H,5H2,1-4H3/b20-13+/t22-/m0/s1. The zero-order chi connectivity index (χ0) is 24.4. The molecule has 2 heterocycles. The van der Waals surface area contributed by atoms with Crippen molar-refractivity contribution in [2.24, 2.45) is 4.99 Å². The summed E-state index contributed by atoms with van der Waals surface area (Å²) in [6, 6.07) is 12.2. The van der Waals surface area contributed by atoms with Gasteiger partial charge in [-0.3, -0.25) is 9.36 Å². The molecule has 3 aromatic rings. The highest BCUT2D eigenvalue weighted by molar-refractivity contribution is 9.10. The van der Waals surface area contributed by atoms with Crippen LogP contribution >= 0.6 is 27.3 Å². The molecule has 0 amide bonds. The zero-order valence-corrected chi connectivity index (χ0v) is 21.5. The number of ether oxygens (including phenoxy) is 3. The molecule has 176 valence electrons. The molecule has 0 fully saturated rings. The molecule has 0 unspecified atom stereocenters. The van der Waals surface area contributed by atoms with Crippen molar-refractivity contribution in [3.8, 4) is 11.5 Å². The Labute approximate surface area is 208 Å². The normalized spacial score (nSPS) is 15.6. The van der Waals surface area contributed by atoms with Crippen LogP contribution < -0.4 is 24.4 Å². The number of hydrogen-bond donors (Lipinski definition) is 0. The third-order valence-electron chi connectivity index (χ3n) is 5.43. The predicted octanol–water partition coefficient (Wildman–Crippen LogP) is 3.58. The van der Waals surface area contributed by atoms with Crippen molar-refractivity contribution in [3.63, 3.8) is 0 Å². The number of benzene rings is 2. The number of rotatable bonds is 6. The topological polar surface area (TPSA) is 79.1 Å². The molecule has 9 heteroatoms. The molecule has 1 aliphatic heterocycles. The fourth-order valence-electron chi connectivity index (χ4n) is 3.94.